The predicted octanol–water partition coefficient (Wildman–Crippen LogP) is 1.81. The van der Waals surface area contributed by atoms with E-state index in [1.165, 1.54) is 12.4 Å². The van der Waals surface area contributed by atoms with Gasteiger partial charge in [0.2, 0.25) is 5.95 Å². The summed E-state index contributed by atoms with van der Waals surface area (Å²) in [6, 6.07) is 0. The summed E-state index contributed by atoms with van der Waals surface area (Å²) in [5.74, 6) is 0.284. The number of hydrogen-bond acceptors (Lipinski definition) is 4. The van der Waals surface area contributed by atoms with Crippen molar-refractivity contribution in [2.24, 2.45) is 0 Å². The smallest absolute Gasteiger partial charge is 0.389 e. The molecule has 1 heterocycles. The molecule has 0 saturated carbocycles. The minimum absolute atomic E-state index is 0.00274. The summed E-state index contributed by atoms with van der Waals surface area (Å²) in [7, 11) is 0. The predicted molar refractivity (Wildman–Crippen MR) is 50.2 cm³/mol. The van der Waals surface area contributed by atoms with Crippen molar-refractivity contribution in [1.29, 1.82) is 0 Å². The Hall–Kier alpha value is -1.53. The number of anilines is 2. The zero-order valence-electron chi connectivity index (χ0n) is 7.88. The number of hydrogen-bond donors (Lipinski definition) is 2. The lowest BCUT2D eigenvalue weighted by Crippen LogP contribution is -2.12. The number of nitrogens with zero attached hydrogens (tertiary/aromatic N) is 2. The molecule has 0 spiro atoms. The Bertz CT molecular complexity index is 296. The van der Waals surface area contributed by atoms with Gasteiger partial charge in [0, 0.05) is 13.0 Å². The molecule has 1 aromatic heterocycles. The molecular weight excluding hydrogens is 209 g/mol. The van der Waals surface area contributed by atoms with E-state index in [4.69, 9.17) is 5.73 Å². The molecule has 1 rings (SSSR count). The Labute approximate surface area is 84.7 Å². The van der Waals surface area contributed by atoms with Crippen LogP contribution in [0.4, 0.5) is 24.8 Å². The van der Waals surface area contributed by atoms with Crippen LogP contribution in [-0.4, -0.2) is 22.7 Å². The quantitative estimate of drug-likeness (QED) is 0.759. The molecule has 0 aliphatic rings. The SMILES string of the molecule is Nc1cnc(NCCCC(F)(F)F)nc1. The molecule has 0 fully saturated rings. The van der Waals surface area contributed by atoms with Crippen LogP contribution in [0.25, 0.3) is 0 Å². The lowest BCUT2D eigenvalue weighted by atomic mass is 10.3. The molecule has 4 nitrogen and oxygen atoms in total. The minimum atomic E-state index is -4.11. The van der Waals surface area contributed by atoms with Crippen molar-refractivity contribution in [3.63, 3.8) is 0 Å². The van der Waals surface area contributed by atoms with Crippen molar-refractivity contribution in [3.8, 4) is 0 Å². The monoisotopic (exact) mass is 220 g/mol. The first-order valence-electron chi connectivity index (χ1n) is 4.35. The van der Waals surface area contributed by atoms with Gasteiger partial charge in [-0.2, -0.15) is 13.2 Å². The second kappa shape index (κ2) is 4.81. The van der Waals surface area contributed by atoms with Gasteiger partial charge in [0.25, 0.3) is 0 Å². The summed E-state index contributed by atoms with van der Waals surface area (Å²) in [5, 5.41) is 2.67. The summed E-state index contributed by atoms with van der Waals surface area (Å²) in [6.45, 7) is 0.184. The molecule has 0 aliphatic heterocycles. The van der Waals surface area contributed by atoms with Crippen molar-refractivity contribution in [2.45, 2.75) is 19.0 Å². The van der Waals surface area contributed by atoms with Gasteiger partial charge in [-0.15, -0.1) is 0 Å². The third-order valence-corrected chi connectivity index (χ3v) is 1.59. The van der Waals surface area contributed by atoms with Crippen molar-refractivity contribution in [3.05, 3.63) is 12.4 Å². The number of nitrogens with two attached hydrogens (primary N) is 1. The summed E-state index contributed by atoms with van der Waals surface area (Å²) in [4.78, 5) is 7.57. The first kappa shape index (κ1) is 11.5. The summed E-state index contributed by atoms with van der Waals surface area (Å²) in [5.41, 5.74) is 5.75. The van der Waals surface area contributed by atoms with E-state index in [1.54, 1.807) is 0 Å². The first-order valence-corrected chi connectivity index (χ1v) is 4.35. The fourth-order valence-electron chi connectivity index (χ4n) is 0.918. The van der Waals surface area contributed by atoms with Crippen molar-refractivity contribution < 1.29 is 13.2 Å². The molecule has 0 unspecified atom stereocenters. The zero-order valence-corrected chi connectivity index (χ0v) is 7.88. The van der Waals surface area contributed by atoms with Crippen LogP contribution in [0.15, 0.2) is 12.4 Å². The zero-order chi connectivity index (χ0) is 11.3. The highest BCUT2D eigenvalue weighted by Gasteiger charge is 2.25. The number of halogens is 3. The average molecular weight is 220 g/mol. The van der Waals surface area contributed by atoms with E-state index in [-0.39, 0.29) is 18.9 Å². The highest BCUT2D eigenvalue weighted by molar-refractivity contribution is 5.35. The van der Waals surface area contributed by atoms with Gasteiger partial charge in [-0.3, -0.25) is 0 Å². The van der Waals surface area contributed by atoms with Gasteiger partial charge < -0.3 is 11.1 Å². The molecular formula is C8H11F3N4. The van der Waals surface area contributed by atoms with Crippen LogP contribution < -0.4 is 11.1 Å². The third-order valence-electron chi connectivity index (χ3n) is 1.59. The first-order chi connectivity index (χ1) is 6.97. The maximum absolute atomic E-state index is 11.8. The van der Waals surface area contributed by atoms with Crippen LogP contribution >= 0.6 is 0 Å². The van der Waals surface area contributed by atoms with Gasteiger partial charge in [0.15, 0.2) is 0 Å². The Balaban J connectivity index is 2.23. The highest BCUT2D eigenvalue weighted by Crippen LogP contribution is 2.20. The van der Waals surface area contributed by atoms with Gasteiger partial charge in [-0.1, -0.05) is 0 Å². The number of alkyl halides is 3. The van der Waals surface area contributed by atoms with Crippen LogP contribution in [0, 0.1) is 0 Å². The van der Waals surface area contributed by atoms with Crippen LogP contribution in [0.5, 0.6) is 0 Å². The van der Waals surface area contributed by atoms with E-state index in [0.717, 1.165) is 0 Å². The van der Waals surface area contributed by atoms with Crippen molar-refractivity contribution in [2.75, 3.05) is 17.6 Å². The fraction of sp³-hybridized carbons (Fsp3) is 0.500. The summed E-state index contributed by atoms with van der Waals surface area (Å²) >= 11 is 0. The lowest BCUT2D eigenvalue weighted by Gasteiger charge is -2.06. The molecule has 84 valence electrons. The van der Waals surface area contributed by atoms with Crippen LogP contribution in [-0.2, 0) is 0 Å². The maximum Gasteiger partial charge on any atom is 0.389 e. The summed E-state index contributed by atoms with van der Waals surface area (Å²) in [6.07, 6.45) is -2.14. The van der Waals surface area contributed by atoms with Gasteiger partial charge >= 0.3 is 6.18 Å². The van der Waals surface area contributed by atoms with E-state index < -0.39 is 12.6 Å². The summed E-state index contributed by atoms with van der Waals surface area (Å²) < 4.78 is 35.3. The second-order valence-electron chi connectivity index (χ2n) is 2.99. The fourth-order valence-corrected chi connectivity index (χ4v) is 0.918. The molecule has 7 heteroatoms. The van der Waals surface area contributed by atoms with E-state index in [9.17, 15) is 13.2 Å². The van der Waals surface area contributed by atoms with E-state index in [0.29, 0.717) is 5.69 Å². The molecule has 0 atom stereocenters. The third kappa shape index (κ3) is 5.04. The molecule has 0 aliphatic carbocycles. The number of nitrogens with one attached hydrogen (secondary N) is 1. The largest absolute Gasteiger partial charge is 0.396 e. The van der Waals surface area contributed by atoms with Crippen LogP contribution in [0.3, 0.4) is 0 Å². The van der Waals surface area contributed by atoms with Gasteiger partial charge in [-0.25, -0.2) is 9.97 Å². The normalized spacial score (nSPS) is 11.4. The van der Waals surface area contributed by atoms with E-state index in [2.05, 4.69) is 15.3 Å². The number of rotatable bonds is 4. The molecule has 1 aromatic rings. The second-order valence-corrected chi connectivity index (χ2v) is 2.99. The van der Waals surface area contributed by atoms with Gasteiger partial charge in [-0.05, 0) is 6.42 Å². The number of aromatic nitrogens is 2. The average Bonchev–Trinajstić information content (AvgIpc) is 2.14. The van der Waals surface area contributed by atoms with Crippen molar-refractivity contribution >= 4 is 11.6 Å². The standard InChI is InChI=1S/C8H11F3N4/c9-8(10,11)2-1-3-13-7-14-4-6(12)5-15-7/h4-5H,1-3,12H2,(H,13,14,15). The maximum atomic E-state index is 11.8. The molecule has 0 saturated heterocycles. The Kier molecular flexibility index (Phi) is 3.70. The highest BCUT2D eigenvalue weighted by atomic mass is 19.4. The van der Waals surface area contributed by atoms with Crippen LogP contribution in [0.2, 0.25) is 0 Å². The minimum Gasteiger partial charge on any atom is -0.396 e. The topological polar surface area (TPSA) is 63.8 Å². The molecule has 0 amide bonds. The van der Waals surface area contributed by atoms with Crippen LogP contribution in [0.1, 0.15) is 12.8 Å². The Morgan fingerprint density at radius 3 is 2.40 bits per heavy atom. The molecule has 3 N–H and O–H groups in total. The molecule has 0 bridgehead atoms. The Morgan fingerprint density at radius 2 is 1.87 bits per heavy atom. The molecule has 15 heavy (non-hydrogen) atoms. The molecule has 0 aromatic carbocycles. The van der Waals surface area contributed by atoms with Gasteiger partial charge in [0.1, 0.15) is 0 Å². The van der Waals surface area contributed by atoms with E-state index in [1.807, 2.05) is 0 Å². The molecule has 0 radical (unpaired) electrons. The number of nitrogen functional groups attached to an aromatic ring is 1. The van der Waals surface area contributed by atoms with Gasteiger partial charge in [0.05, 0.1) is 18.1 Å². The van der Waals surface area contributed by atoms with Crippen molar-refractivity contribution in [1.82, 2.24) is 9.97 Å². The lowest BCUT2D eigenvalue weighted by molar-refractivity contribution is -0.134. The Morgan fingerprint density at radius 1 is 1.27 bits per heavy atom. The van der Waals surface area contributed by atoms with E-state index >= 15 is 0 Å².